The highest BCUT2D eigenvalue weighted by atomic mass is 16.5. The number of ether oxygens (including phenoxy) is 1. The number of anilines is 4. The fourth-order valence-electron chi connectivity index (χ4n) is 4.04. The van der Waals surface area contributed by atoms with Crippen molar-refractivity contribution in [2.75, 3.05) is 54.5 Å². The van der Waals surface area contributed by atoms with Gasteiger partial charge >= 0.3 is 0 Å². The smallest absolute Gasteiger partial charge is 0.227 e. The van der Waals surface area contributed by atoms with E-state index in [1.807, 2.05) is 17.0 Å². The molecule has 2 N–H and O–H groups in total. The number of pyridine rings is 2. The van der Waals surface area contributed by atoms with E-state index < -0.39 is 0 Å². The third-order valence-corrected chi connectivity index (χ3v) is 5.74. The third-order valence-electron chi connectivity index (χ3n) is 5.74. The zero-order chi connectivity index (χ0) is 22.6. The van der Waals surface area contributed by atoms with E-state index in [-0.39, 0.29) is 6.10 Å². The highest BCUT2D eigenvalue weighted by Gasteiger charge is 2.24. The standard InChI is InChI=1S/C23H24N8O2/c24-13-16-11-17(14-27-22(16)31-6-3-19(32)15-31)20-2-5-26-23(29-20)28-18-1-4-25-21(12-18)30-7-9-33-10-8-30/h1-2,4-5,11-12,14,19,32H,3,6-10,15H2,(H,25,26,28,29). The third kappa shape index (κ3) is 4.69. The maximum Gasteiger partial charge on any atom is 0.227 e. The molecule has 5 heterocycles. The predicted molar refractivity (Wildman–Crippen MR) is 123 cm³/mol. The Morgan fingerprint density at radius 2 is 1.91 bits per heavy atom. The summed E-state index contributed by atoms with van der Waals surface area (Å²) in [5.41, 5.74) is 2.68. The fraction of sp³-hybridized carbons (Fsp3) is 0.348. The molecule has 0 aromatic carbocycles. The number of aliphatic hydroxyl groups excluding tert-OH is 1. The van der Waals surface area contributed by atoms with Gasteiger partial charge in [-0.3, -0.25) is 0 Å². The average molecular weight is 444 g/mol. The van der Waals surface area contributed by atoms with E-state index in [4.69, 9.17) is 4.74 Å². The molecule has 5 rings (SSSR count). The molecule has 0 aliphatic carbocycles. The Bertz CT molecular complexity index is 1180. The number of β-amino-alcohol motifs (C(OH)–C–C–N with tert-alkyl or cyclic N) is 1. The lowest BCUT2D eigenvalue weighted by atomic mass is 10.1. The number of hydrogen-bond donors (Lipinski definition) is 2. The van der Waals surface area contributed by atoms with E-state index in [1.165, 1.54) is 0 Å². The van der Waals surface area contributed by atoms with Crippen molar-refractivity contribution >= 4 is 23.3 Å². The summed E-state index contributed by atoms with van der Waals surface area (Å²) in [6, 6.07) is 9.63. The van der Waals surface area contributed by atoms with Gasteiger partial charge in [0, 0.05) is 62.1 Å². The quantitative estimate of drug-likeness (QED) is 0.603. The maximum absolute atomic E-state index is 9.81. The number of rotatable bonds is 5. The molecule has 0 bridgehead atoms. The highest BCUT2D eigenvalue weighted by molar-refractivity contribution is 5.67. The molecule has 1 unspecified atom stereocenters. The van der Waals surface area contributed by atoms with E-state index in [0.29, 0.717) is 55.7 Å². The topological polar surface area (TPSA) is 123 Å². The number of nitrogens with zero attached hydrogens (tertiary/aromatic N) is 7. The molecule has 0 radical (unpaired) electrons. The van der Waals surface area contributed by atoms with Crippen molar-refractivity contribution in [1.29, 1.82) is 5.26 Å². The van der Waals surface area contributed by atoms with Gasteiger partial charge in [0.25, 0.3) is 0 Å². The number of aromatic nitrogens is 4. The summed E-state index contributed by atoms with van der Waals surface area (Å²) >= 11 is 0. The van der Waals surface area contributed by atoms with Crippen molar-refractivity contribution in [2.24, 2.45) is 0 Å². The number of morpholine rings is 1. The van der Waals surface area contributed by atoms with E-state index in [0.717, 1.165) is 30.2 Å². The van der Waals surface area contributed by atoms with Crippen LogP contribution in [0.15, 0.2) is 42.9 Å². The fourth-order valence-corrected chi connectivity index (χ4v) is 4.04. The van der Waals surface area contributed by atoms with Gasteiger partial charge in [0.1, 0.15) is 17.7 Å². The van der Waals surface area contributed by atoms with E-state index in [2.05, 4.69) is 36.2 Å². The molecule has 10 heteroatoms. The first kappa shape index (κ1) is 21.1. The lowest BCUT2D eigenvalue weighted by Gasteiger charge is -2.28. The molecule has 2 aliphatic heterocycles. The minimum atomic E-state index is -0.384. The van der Waals surface area contributed by atoms with Gasteiger partial charge in [-0.15, -0.1) is 0 Å². The summed E-state index contributed by atoms with van der Waals surface area (Å²) in [5.74, 6) is 1.92. The zero-order valence-electron chi connectivity index (χ0n) is 18.1. The van der Waals surface area contributed by atoms with Gasteiger partial charge < -0.3 is 25.0 Å². The van der Waals surface area contributed by atoms with Crippen LogP contribution in [-0.2, 0) is 4.74 Å². The molecule has 3 aromatic rings. The second-order valence-electron chi connectivity index (χ2n) is 7.99. The Morgan fingerprint density at radius 1 is 1.06 bits per heavy atom. The van der Waals surface area contributed by atoms with Gasteiger partial charge in [0.05, 0.1) is 30.6 Å². The van der Waals surface area contributed by atoms with E-state index in [9.17, 15) is 10.4 Å². The predicted octanol–water partition coefficient (Wildman–Crippen LogP) is 1.96. The molecule has 3 aromatic heterocycles. The lowest BCUT2D eigenvalue weighted by molar-refractivity contribution is 0.122. The van der Waals surface area contributed by atoms with Crippen LogP contribution in [0.25, 0.3) is 11.3 Å². The molecule has 0 amide bonds. The van der Waals surface area contributed by atoms with Crippen molar-refractivity contribution in [1.82, 2.24) is 19.9 Å². The normalized spacial score (nSPS) is 18.2. The molecule has 2 fully saturated rings. The Labute approximate surface area is 191 Å². The van der Waals surface area contributed by atoms with Crippen LogP contribution in [0.2, 0.25) is 0 Å². The maximum atomic E-state index is 9.81. The molecule has 2 saturated heterocycles. The van der Waals surface area contributed by atoms with Gasteiger partial charge in [-0.25, -0.2) is 19.9 Å². The first-order valence-corrected chi connectivity index (χ1v) is 10.9. The van der Waals surface area contributed by atoms with Crippen LogP contribution in [0.4, 0.5) is 23.3 Å². The molecular weight excluding hydrogens is 420 g/mol. The molecule has 0 saturated carbocycles. The minimum absolute atomic E-state index is 0.384. The average Bonchev–Trinajstić information content (AvgIpc) is 3.30. The Balaban J connectivity index is 1.36. The van der Waals surface area contributed by atoms with Crippen molar-refractivity contribution in [2.45, 2.75) is 12.5 Å². The summed E-state index contributed by atoms with van der Waals surface area (Å²) in [5, 5.41) is 22.7. The molecule has 2 aliphatic rings. The summed E-state index contributed by atoms with van der Waals surface area (Å²) in [4.78, 5) is 22.0. The molecule has 168 valence electrons. The van der Waals surface area contributed by atoms with Crippen LogP contribution in [0.3, 0.4) is 0 Å². The number of nitriles is 1. The van der Waals surface area contributed by atoms with Crippen LogP contribution in [0, 0.1) is 11.3 Å². The van der Waals surface area contributed by atoms with Crippen molar-refractivity contribution in [3.8, 4) is 17.3 Å². The molecule has 0 spiro atoms. The van der Waals surface area contributed by atoms with Crippen molar-refractivity contribution in [3.63, 3.8) is 0 Å². The van der Waals surface area contributed by atoms with Gasteiger partial charge in [-0.1, -0.05) is 0 Å². The van der Waals surface area contributed by atoms with Crippen LogP contribution in [0.1, 0.15) is 12.0 Å². The Morgan fingerprint density at radius 3 is 2.70 bits per heavy atom. The van der Waals surface area contributed by atoms with Crippen LogP contribution in [0.5, 0.6) is 0 Å². The molecule has 10 nitrogen and oxygen atoms in total. The highest BCUT2D eigenvalue weighted by Crippen LogP contribution is 2.27. The lowest BCUT2D eigenvalue weighted by Crippen LogP contribution is -2.36. The van der Waals surface area contributed by atoms with Crippen LogP contribution < -0.4 is 15.1 Å². The Kier molecular flexibility index (Phi) is 5.97. The molecule has 33 heavy (non-hydrogen) atoms. The monoisotopic (exact) mass is 444 g/mol. The second kappa shape index (κ2) is 9.36. The summed E-state index contributed by atoms with van der Waals surface area (Å²) < 4.78 is 5.42. The number of hydrogen-bond acceptors (Lipinski definition) is 10. The first-order valence-electron chi connectivity index (χ1n) is 10.9. The Hall–Kier alpha value is -3.81. The molecular formula is C23H24N8O2. The largest absolute Gasteiger partial charge is 0.391 e. The van der Waals surface area contributed by atoms with Crippen molar-refractivity contribution < 1.29 is 9.84 Å². The molecule has 1 atom stereocenters. The van der Waals surface area contributed by atoms with Gasteiger partial charge in [0.15, 0.2) is 0 Å². The van der Waals surface area contributed by atoms with Crippen molar-refractivity contribution in [3.05, 3.63) is 48.4 Å². The summed E-state index contributed by atoms with van der Waals surface area (Å²) in [7, 11) is 0. The second-order valence-corrected chi connectivity index (χ2v) is 7.99. The SMILES string of the molecule is N#Cc1cc(-c2ccnc(Nc3ccnc(N4CCOCC4)c3)n2)cnc1N1CCC(O)C1. The van der Waals surface area contributed by atoms with E-state index >= 15 is 0 Å². The summed E-state index contributed by atoms with van der Waals surface area (Å²) in [6.07, 6.45) is 5.43. The zero-order valence-corrected chi connectivity index (χ0v) is 18.1. The number of aliphatic hydroxyl groups is 1. The minimum Gasteiger partial charge on any atom is -0.391 e. The van der Waals surface area contributed by atoms with Gasteiger partial charge in [-0.05, 0) is 24.6 Å². The van der Waals surface area contributed by atoms with Crippen LogP contribution in [-0.4, -0.2) is 70.5 Å². The number of nitrogens with one attached hydrogen (secondary N) is 1. The van der Waals surface area contributed by atoms with Gasteiger partial charge in [-0.2, -0.15) is 5.26 Å². The summed E-state index contributed by atoms with van der Waals surface area (Å²) in [6.45, 7) is 4.18. The van der Waals surface area contributed by atoms with Gasteiger partial charge in [0.2, 0.25) is 5.95 Å². The van der Waals surface area contributed by atoms with Crippen LogP contribution >= 0.6 is 0 Å². The van der Waals surface area contributed by atoms with E-state index in [1.54, 1.807) is 30.7 Å². The first-order chi connectivity index (χ1) is 16.2.